The standard InChI is InChI=1S/C13H14F2N2OS/c1-2-12-17-9(8-19-12)7-16-10-5-3-4-6-11(10)18-13(14)15/h3-6,8,13,16H,2,7H2,1H3. The maximum Gasteiger partial charge on any atom is 0.387 e. The maximum atomic E-state index is 12.3. The summed E-state index contributed by atoms with van der Waals surface area (Å²) in [5.74, 6) is 0.142. The average molecular weight is 284 g/mol. The number of para-hydroxylation sites is 2. The summed E-state index contributed by atoms with van der Waals surface area (Å²) >= 11 is 1.60. The summed E-state index contributed by atoms with van der Waals surface area (Å²) in [7, 11) is 0. The molecule has 3 nitrogen and oxygen atoms in total. The van der Waals surface area contributed by atoms with Crippen LogP contribution in [0, 0.1) is 0 Å². The predicted molar refractivity (Wildman–Crippen MR) is 71.9 cm³/mol. The molecule has 102 valence electrons. The molecule has 1 N–H and O–H groups in total. The minimum absolute atomic E-state index is 0.142. The number of hydrogen-bond acceptors (Lipinski definition) is 4. The molecule has 2 rings (SSSR count). The number of alkyl halides is 2. The van der Waals surface area contributed by atoms with Crippen LogP contribution in [0.3, 0.4) is 0 Å². The van der Waals surface area contributed by atoms with Gasteiger partial charge >= 0.3 is 6.61 Å². The molecule has 0 saturated heterocycles. The number of rotatable bonds is 6. The lowest BCUT2D eigenvalue weighted by atomic mass is 10.3. The monoisotopic (exact) mass is 284 g/mol. The molecule has 0 fully saturated rings. The van der Waals surface area contributed by atoms with Gasteiger partial charge in [-0.2, -0.15) is 8.78 Å². The molecule has 1 aromatic carbocycles. The highest BCUT2D eigenvalue weighted by molar-refractivity contribution is 7.09. The maximum absolute atomic E-state index is 12.3. The number of hydrogen-bond donors (Lipinski definition) is 1. The minimum Gasteiger partial charge on any atom is -0.433 e. The Morgan fingerprint density at radius 2 is 2.16 bits per heavy atom. The first-order chi connectivity index (χ1) is 9.19. The van der Waals surface area contributed by atoms with Gasteiger partial charge in [-0.3, -0.25) is 0 Å². The van der Waals surface area contributed by atoms with Gasteiger partial charge in [-0.25, -0.2) is 4.98 Å². The zero-order chi connectivity index (χ0) is 13.7. The van der Waals surface area contributed by atoms with Crippen molar-refractivity contribution in [3.05, 3.63) is 40.3 Å². The summed E-state index contributed by atoms with van der Waals surface area (Å²) in [5.41, 5.74) is 1.43. The van der Waals surface area contributed by atoms with Crippen LogP contribution >= 0.6 is 11.3 Å². The summed E-state index contributed by atoms with van der Waals surface area (Å²) in [6, 6.07) is 6.62. The lowest BCUT2D eigenvalue weighted by Gasteiger charge is -2.11. The van der Waals surface area contributed by atoms with Gasteiger partial charge in [0.25, 0.3) is 0 Å². The number of thiazole rings is 1. The fraction of sp³-hybridized carbons (Fsp3) is 0.308. The molecular weight excluding hydrogens is 270 g/mol. The highest BCUT2D eigenvalue weighted by Crippen LogP contribution is 2.26. The van der Waals surface area contributed by atoms with E-state index in [0.29, 0.717) is 12.2 Å². The highest BCUT2D eigenvalue weighted by Gasteiger charge is 2.09. The third-order valence-corrected chi connectivity index (χ3v) is 3.51. The van der Waals surface area contributed by atoms with E-state index in [-0.39, 0.29) is 5.75 Å². The van der Waals surface area contributed by atoms with Crippen molar-refractivity contribution in [3.63, 3.8) is 0 Å². The highest BCUT2D eigenvalue weighted by atomic mass is 32.1. The molecule has 0 atom stereocenters. The van der Waals surface area contributed by atoms with Crippen LogP contribution in [0.4, 0.5) is 14.5 Å². The van der Waals surface area contributed by atoms with E-state index in [0.717, 1.165) is 17.1 Å². The molecule has 0 radical (unpaired) electrons. The zero-order valence-corrected chi connectivity index (χ0v) is 11.2. The van der Waals surface area contributed by atoms with Crippen molar-refractivity contribution in [2.75, 3.05) is 5.32 Å². The van der Waals surface area contributed by atoms with E-state index in [1.54, 1.807) is 29.5 Å². The molecule has 0 saturated carbocycles. The number of nitrogens with zero attached hydrogens (tertiary/aromatic N) is 1. The Morgan fingerprint density at radius 1 is 1.37 bits per heavy atom. The summed E-state index contributed by atoms with van der Waals surface area (Å²) in [5, 5.41) is 6.08. The molecule has 1 aromatic heterocycles. The van der Waals surface area contributed by atoms with Gasteiger partial charge in [0.15, 0.2) is 0 Å². The van der Waals surface area contributed by atoms with Crippen LogP contribution in [-0.4, -0.2) is 11.6 Å². The fourth-order valence-electron chi connectivity index (χ4n) is 1.59. The van der Waals surface area contributed by atoms with E-state index in [9.17, 15) is 8.78 Å². The molecule has 0 aliphatic rings. The smallest absolute Gasteiger partial charge is 0.387 e. The van der Waals surface area contributed by atoms with Crippen molar-refractivity contribution >= 4 is 17.0 Å². The molecule has 0 unspecified atom stereocenters. The van der Waals surface area contributed by atoms with Crippen LogP contribution in [0.1, 0.15) is 17.6 Å². The van der Waals surface area contributed by atoms with Crippen LogP contribution < -0.4 is 10.1 Å². The van der Waals surface area contributed by atoms with Gasteiger partial charge in [-0.15, -0.1) is 11.3 Å². The lowest BCUT2D eigenvalue weighted by molar-refractivity contribution is -0.0493. The minimum atomic E-state index is -2.83. The summed E-state index contributed by atoms with van der Waals surface area (Å²) in [4.78, 5) is 4.40. The predicted octanol–water partition coefficient (Wildman–Crippen LogP) is 3.92. The molecular formula is C13H14F2N2OS. The molecule has 2 aromatic rings. The quantitative estimate of drug-likeness (QED) is 0.873. The summed E-state index contributed by atoms with van der Waals surface area (Å²) in [6.45, 7) is -0.295. The second-order valence-corrected chi connectivity index (χ2v) is 4.76. The van der Waals surface area contributed by atoms with Gasteiger partial charge in [0, 0.05) is 5.38 Å². The van der Waals surface area contributed by atoms with Gasteiger partial charge in [0.1, 0.15) is 5.75 Å². The zero-order valence-electron chi connectivity index (χ0n) is 10.4. The first-order valence-corrected chi connectivity index (χ1v) is 6.78. The second kappa shape index (κ2) is 6.47. The van der Waals surface area contributed by atoms with Gasteiger partial charge in [-0.05, 0) is 18.6 Å². The Morgan fingerprint density at radius 3 is 2.84 bits per heavy atom. The van der Waals surface area contributed by atoms with Gasteiger partial charge in [0.05, 0.1) is 22.9 Å². The van der Waals surface area contributed by atoms with E-state index in [1.807, 2.05) is 12.3 Å². The van der Waals surface area contributed by atoms with Crippen LogP contribution in [-0.2, 0) is 13.0 Å². The molecule has 0 aliphatic carbocycles. The van der Waals surface area contributed by atoms with Crippen molar-refractivity contribution in [2.45, 2.75) is 26.5 Å². The van der Waals surface area contributed by atoms with Crippen molar-refractivity contribution < 1.29 is 13.5 Å². The van der Waals surface area contributed by atoms with E-state index in [1.165, 1.54) is 6.07 Å². The number of nitrogens with one attached hydrogen (secondary N) is 1. The van der Waals surface area contributed by atoms with Crippen LogP contribution in [0.15, 0.2) is 29.6 Å². The first kappa shape index (κ1) is 13.7. The van der Waals surface area contributed by atoms with Gasteiger partial charge < -0.3 is 10.1 Å². The van der Waals surface area contributed by atoms with Crippen molar-refractivity contribution in [2.24, 2.45) is 0 Å². The van der Waals surface area contributed by atoms with Crippen LogP contribution in [0.5, 0.6) is 5.75 Å². The Hall–Kier alpha value is -1.69. The normalized spacial score (nSPS) is 10.7. The summed E-state index contributed by atoms with van der Waals surface area (Å²) < 4.78 is 29.0. The topological polar surface area (TPSA) is 34.2 Å². The summed E-state index contributed by atoms with van der Waals surface area (Å²) in [6.07, 6.45) is 0.899. The van der Waals surface area contributed by atoms with E-state index < -0.39 is 6.61 Å². The molecule has 0 spiro atoms. The Balaban J connectivity index is 2.02. The molecule has 0 amide bonds. The first-order valence-electron chi connectivity index (χ1n) is 5.90. The second-order valence-electron chi connectivity index (χ2n) is 3.81. The molecule has 0 aliphatic heterocycles. The Kier molecular flexibility index (Phi) is 4.68. The van der Waals surface area contributed by atoms with Gasteiger partial charge in [-0.1, -0.05) is 19.1 Å². The fourth-order valence-corrected chi connectivity index (χ4v) is 2.33. The van der Waals surface area contributed by atoms with Gasteiger partial charge in [0.2, 0.25) is 0 Å². The van der Waals surface area contributed by atoms with Crippen molar-refractivity contribution in [1.29, 1.82) is 0 Å². The largest absolute Gasteiger partial charge is 0.433 e. The Bertz CT molecular complexity index is 531. The average Bonchev–Trinajstić information content (AvgIpc) is 2.85. The molecule has 6 heteroatoms. The SMILES string of the molecule is CCc1nc(CNc2ccccc2OC(F)F)cs1. The molecule has 0 bridgehead atoms. The van der Waals surface area contributed by atoms with E-state index >= 15 is 0 Å². The number of benzene rings is 1. The van der Waals surface area contributed by atoms with Crippen LogP contribution in [0.2, 0.25) is 0 Å². The third-order valence-electron chi connectivity index (χ3n) is 2.46. The molecule has 19 heavy (non-hydrogen) atoms. The molecule has 1 heterocycles. The number of anilines is 1. The van der Waals surface area contributed by atoms with Crippen molar-refractivity contribution in [1.82, 2.24) is 4.98 Å². The van der Waals surface area contributed by atoms with Crippen LogP contribution in [0.25, 0.3) is 0 Å². The third kappa shape index (κ3) is 3.89. The number of ether oxygens (including phenoxy) is 1. The van der Waals surface area contributed by atoms with E-state index in [4.69, 9.17) is 0 Å². The number of halogens is 2. The van der Waals surface area contributed by atoms with Crippen molar-refractivity contribution in [3.8, 4) is 5.75 Å². The lowest BCUT2D eigenvalue weighted by Crippen LogP contribution is -2.06. The Labute approximate surface area is 114 Å². The van der Waals surface area contributed by atoms with E-state index in [2.05, 4.69) is 15.0 Å². The number of aromatic nitrogens is 1. The number of aryl methyl sites for hydroxylation is 1.